The normalized spacial score (nSPS) is 10.2. The summed E-state index contributed by atoms with van der Waals surface area (Å²) < 4.78 is 10.9. The van der Waals surface area contributed by atoms with Crippen molar-refractivity contribution < 1.29 is 23.9 Å². The molecule has 0 saturated carbocycles. The van der Waals surface area contributed by atoms with Crippen molar-refractivity contribution in [2.24, 2.45) is 0 Å². The van der Waals surface area contributed by atoms with Gasteiger partial charge in [-0.25, -0.2) is 0 Å². The van der Waals surface area contributed by atoms with Crippen LogP contribution in [-0.4, -0.2) is 42.7 Å². The molecule has 3 aromatic rings. The van der Waals surface area contributed by atoms with Crippen LogP contribution in [-0.2, 0) is 4.74 Å². The van der Waals surface area contributed by atoms with Crippen LogP contribution >= 0.6 is 12.2 Å². The Labute approximate surface area is 220 Å². The summed E-state index contributed by atoms with van der Waals surface area (Å²) in [6.07, 6.45) is 0. The number of amides is 3. The maximum Gasteiger partial charge on any atom is 0.269 e. The van der Waals surface area contributed by atoms with Crippen molar-refractivity contribution in [1.29, 1.82) is 0 Å². The van der Waals surface area contributed by atoms with Crippen LogP contribution in [0.2, 0.25) is 0 Å². The molecule has 3 amide bonds. The number of para-hydroxylation sites is 1. The Bertz CT molecular complexity index is 1260. The molecule has 3 aromatic carbocycles. The predicted molar refractivity (Wildman–Crippen MR) is 145 cm³/mol. The van der Waals surface area contributed by atoms with E-state index in [9.17, 15) is 14.4 Å². The highest BCUT2D eigenvalue weighted by atomic mass is 32.1. The molecule has 0 fully saturated rings. The average molecular weight is 521 g/mol. The maximum absolute atomic E-state index is 12.6. The van der Waals surface area contributed by atoms with Gasteiger partial charge in [0.2, 0.25) is 0 Å². The lowest BCUT2D eigenvalue weighted by Gasteiger charge is -2.13. The van der Waals surface area contributed by atoms with Gasteiger partial charge in [-0.3, -0.25) is 30.6 Å². The number of benzene rings is 3. The number of hydrazine groups is 1. The van der Waals surface area contributed by atoms with Crippen LogP contribution in [0.1, 0.15) is 43.6 Å². The van der Waals surface area contributed by atoms with E-state index in [1.165, 1.54) is 0 Å². The van der Waals surface area contributed by atoms with Crippen molar-refractivity contribution in [3.8, 4) is 5.75 Å². The number of carbonyl (C=O) groups is 3. The third kappa shape index (κ3) is 8.13. The Morgan fingerprint density at radius 3 is 2.16 bits per heavy atom. The van der Waals surface area contributed by atoms with Crippen LogP contribution in [0.3, 0.4) is 0 Å². The van der Waals surface area contributed by atoms with Gasteiger partial charge in [-0.2, -0.15) is 0 Å². The third-order valence-corrected chi connectivity index (χ3v) is 5.34. The molecule has 3 rings (SSSR count). The van der Waals surface area contributed by atoms with Crippen LogP contribution in [0.4, 0.5) is 5.69 Å². The van der Waals surface area contributed by atoms with E-state index in [4.69, 9.17) is 21.7 Å². The maximum atomic E-state index is 12.6. The lowest BCUT2D eigenvalue weighted by atomic mass is 10.1. The zero-order valence-electron chi connectivity index (χ0n) is 20.5. The number of rotatable bonds is 9. The van der Waals surface area contributed by atoms with Crippen molar-refractivity contribution in [3.05, 3.63) is 95.1 Å². The number of aryl methyl sites for hydroxylation is 1. The molecule has 37 heavy (non-hydrogen) atoms. The minimum Gasteiger partial charge on any atom is -0.490 e. The van der Waals surface area contributed by atoms with Gasteiger partial charge in [0.05, 0.1) is 12.2 Å². The molecule has 0 radical (unpaired) electrons. The minimum atomic E-state index is -0.493. The van der Waals surface area contributed by atoms with Gasteiger partial charge in [0, 0.05) is 23.4 Å². The SMILES string of the molecule is CCOCCOc1ccccc1C(=O)NC(=S)NNC(=O)c1ccc(NC(=O)c2ccccc2C)cc1. The highest BCUT2D eigenvalue weighted by Crippen LogP contribution is 2.18. The number of hydrogen-bond acceptors (Lipinski definition) is 6. The van der Waals surface area contributed by atoms with Crippen molar-refractivity contribution in [3.63, 3.8) is 0 Å². The molecule has 0 aromatic heterocycles. The molecule has 10 heteroatoms. The first kappa shape index (κ1) is 27.3. The Hall–Kier alpha value is -4.28. The molecule has 0 aliphatic heterocycles. The molecule has 0 saturated heterocycles. The van der Waals surface area contributed by atoms with Gasteiger partial charge in [0.15, 0.2) is 5.11 Å². The zero-order chi connectivity index (χ0) is 26.6. The van der Waals surface area contributed by atoms with Crippen LogP contribution in [0, 0.1) is 6.92 Å². The first-order valence-electron chi connectivity index (χ1n) is 11.6. The van der Waals surface area contributed by atoms with E-state index in [0.29, 0.717) is 42.4 Å². The van der Waals surface area contributed by atoms with E-state index in [0.717, 1.165) is 5.56 Å². The molecule has 0 bridgehead atoms. The average Bonchev–Trinajstić information content (AvgIpc) is 2.90. The molecule has 4 N–H and O–H groups in total. The molecule has 0 aliphatic rings. The lowest BCUT2D eigenvalue weighted by Crippen LogP contribution is -2.48. The van der Waals surface area contributed by atoms with E-state index in [1.807, 2.05) is 26.0 Å². The Balaban J connectivity index is 1.49. The van der Waals surface area contributed by atoms with Gasteiger partial charge < -0.3 is 14.8 Å². The third-order valence-electron chi connectivity index (χ3n) is 5.13. The Morgan fingerprint density at radius 2 is 1.46 bits per heavy atom. The van der Waals surface area contributed by atoms with Gasteiger partial charge in [-0.15, -0.1) is 0 Å². The standard InChI is InChI=1S/C27H28N4O5S/c1-3-35-16-17-36-23-11-7-6-10-22(23)26(34)29-27(37)31-30-24(32)19-12-14-20(15-13-19)28-25(33)21-9-5-4-8-18(21)2/h4-15H,3,16-17H2,1-2H3,(H,28,33)(H,30,32)(H2,29,31,34,37). The Kier molecular flexibility index (Phi) is 10.1. The van der Waals surface area contributed by atoms with Crippen molar-refractivity contribution in [2.45, 2.75) is 13.8 Å². The summed E-state index contributed by atoms with van der Waals surface area (Å²) in [4.78, 5) is 37.6. The second-order valence-electron chi connectivity index (χ2n) is 7.75. The summed E-state index contributed by atoms with van der Waals surface area (Å²) in [6.45, 7) is 5.02. The summed E-state index contributed by atoms with van der Waals surface area (Å²) in [6, 6.07) is 20.4. The number of anilines is 1. The largest absolute Gasteiger partial charge is 0.490 e. The monoisotopic (exact) mass is 520 g/mol. The molecular formula is C27H28N4O5S. The highest BCUT2D eigenvalue weighted by Gasteiger charge is 2.15. The van der Waals surface area contributed by atoms with E-state index in [2.05, 4.69) is 21.5 Å². The van der Waals surface area contributed by atoms with Crippen molar-refractivity contribution in [1.82, 2.24) is 16.2 Å². The second-order valence-corrected chi connectivity index (χ2v) is 8.16. The molecule has 0 unspecified atom stereocenters. The highest BCUT2D eigenvalue weighted by molar-refractivity contribution is 7.80. The first-order valence-corrected chi connectivity index (χ1v) is 12.0. The van der Waals surface area contributed by atoms with E-state index in [1.54, 1.807) is 60.7 Å². The zero-order valence-corrected chi connectivity index (χ0v) is 21.3. The van der Waals surface area contributed by atoms with Crippen LogP contribution < -0.4 is 26.2 Å². The summed E-state index contributed by atoms with van der Waals surface area (Å²) >= 11 is 5.12. The summed E-state index contributed by atoms with van der Waals surface area (Å²) in [5.74, 6) is -0.819. The number of ether oxygens (including phenoxy) is 2. The Morgan fingerprint density at radius 1 is 0.784 bits per heavy atom. The number of nitrogens with one attached hydrogen (secondary N) is 4. The summed E-state index contributed by atoms with van der Waals surface area (Å²) in [5.41, 5.74) is 7.53. The van der Waals surface area contributed by atoms with Crippen LogP contribution in [0.5, 0.6) is 5.75 Å². The molecule has 0 spiro atoms. The summed E-state index contributed by atoms with van der Waals surface area (Å²) in [7, 11) is 0. The molecule has 192 valence electrons. The van der Waals surface area contributed by atoms with Crippen molar-refractivity contribution >= 4 is 40.7 Å². The van der Waals surface area contributed by atoms with Gasteiger partial charge in [0.25, 0.3) is 17.7 Å². The van der Waals surface area contributed by atoms with E-state index in [-0.39, 0.29) is 16.6 Å². The molecule has 0 heterocycles. The smallest absolute Gasteiger partial charge is 0.269 e. The fourth-order valence-corrected chi connectivity index (χ4v) is 3.40. The van der Waals surface area contributed by atoms with Gasteiger partial charge in [0.1, 0.15) is 12.4 Å². The number of carbonyl (C=O) groups excluding carboxylic acids is 3. The molecule has 0 aliphatic carbocycles. The van der Waals surface area contributed by atoms with E-state index >= 15 is 0 Å². The van der Waals surface area contributed by atoms with Gasteiger partial charge in [-0.05, 0) is 74.1 Å². The predicted octanol–water partition coefficient (Wildman–Crippen LogP) is 3.61. The first-order chi connectivity index (χ1) is 17.9. The number of hydrogen-bond donors (Lipinski definition) is 4. The van der Waals surface area contributed by atoms with Crippen LogP contribution in [0.25, 0.3) is 0 Å². The van der Waals surface area contributed by atoms with E-state index < -0.39 is 11.8 Å². The quantitative estimate of drug-likeness (QED) is 0.193. The lowest BCUT2D eigenvalue weighted by molar-refractivity contribution is 0.0931. The fraction of sp³-hybridized carbons (Fsp3) is 0.185. The second kappa shape index (κ2) is 13.7. The fourth-order valence-electron chi connectivity index (χ4n) is 3.25. The van der Waals surface area contributed by atoms with Crippen LogP contribution in [0.15, 0.2) is 72.8 Å². The topological polar surface area (TPSA) is 118 Å². The molecular weight excluding hydrogens is 492 g/mol. The molecule has 0 atom stereocenters. The minimum absolute atomic E-state index is 0.0930. The van der Waals surface area contributed by atoms with Crippen molar-refractivity contribution in [2.75, 3.05) is 25.1 Å². The van der Waals surface area contributed by atoms with Gasteiger partial charge in [-0.1, -0.05) is 30.3 Å². The number of thiocarbonyl (C=S) groups is 1. The van der Waals surface area contributed by atoms with Gasteiger partial charge >= 0.3 is 0 Å². The summed E-state index contributed by atoms with van der Waals surface area (Å²) in [5, 5.41) is 5.22. The molecule has 9 nitrogen and oxygen atoms in total.